The molecule has 1 aromatic heterocycles. The quantitative estimate of drug-likeness (QED) is 0.943. The van der Waals surface area contributed by atoms with Crippen LogP contribution < -0.4 is 10.5 Å². The maximum absolute atomic E-state index is 13.6. The minimum atomic E-state index is -0.340. The van der Waals surface area contributed by atoms with E-state index in [9.17, 15) is 4.39 Å². The fourth-order valence-electron chi connectivity index (χ4n) is 1.89. The predicted octanol–water partition coefficient (Wildman–Crippen LogP) is 3.11. The maximum Gasteiger partial charge on any atom is 0.142 e. The Morgan fingerprint density at radius 1 is 1.42 bits per heavy atom. The van der Waals surface area contributed by atoms with Gasteiger partial charge in [0.15, 0.2) is 0 Å². The van der Waals surface area contributed by atoms with Crippen molar-refractivity contribution in [3.63, 3.8) is 0 Å². The van der Waals surface area contributed by atoms with Crippen molar-refractivity contribution in [2.45, 2.75) is 18.9 Å². The molecule has 19 heavy (non-hydrogen) atoms. The van der Waals surface area contributed by atoms with Crippen LogP contribution in [0.4, 0.5) is 10.2 Å². The van der Waals surface area contributed by atoms with Gasteiger partial charge < -0.3 is 10.5 Å². The molecular weight excluding hydrogens is 313 g/mol. The zero-order valence-electron chi connectivity index (χ0n) is 10.4. The molecule has 0 spiro atoms. The number of halogens is 2. The minimum Gasteiger partial charge on any atom is -0.489 e. The van der Waals surface area contributed by atoms with Gasteiger partial charge in [0.2, 0.25) is 0 Å². The van der Waals surface area contributed by atoms with Crippen molar-refractivity contribution in [1.29, 1.82) is 0 Å². The van der Waals surface area contributed by atoms with Gasteiger partial charge in [0.05, 0.1) is 16.8 Å². The highest BCUT2D eigenvalue weighted by atomic mass is 79.9. The Morgan fingerprint density at radius 3 is 2.74 bits per heavy atom. The highest BCUT2D eigenvalue weighted by Gasteiger charge is 2.27. The van der Waals surface area contributed by atoms with Crippen molar-refractivity contribution in [3.8, 4) is 16.9 Å². The maximum atomic E-state index is 13.6. The summed E-state index contributed by atoms with van der Waals surface area (Å²) in [5.41, 5.74) is 7.27. The van der Waals surface area contributed by atoms with Crippen LogP contribution in [0.25, 0.3) is 11.1 Å². The van der Waals surface area contributed by atoms with E-state index >= 15 is 0 Å². The Bertz CT molecular complexity index is 637. The molecule has 0 amide bonds. The average molecular weight is 326 g/mol. The predicted molar refractivity (Wildman–Crippen MR) is 74.4 cm³/mol. The molecule has 0 radical (unpaired) electrons. The molecule has 2 aromatic rings. The van der Waals surface area contributed by atoms with Gasteiger partial charge in [-0.2, -0.15) is 5.10 Å². The largest absolute Gasteiger partial charge is 0.489 e. The van der Waals surface area contributed by atoms with Crippen LogP contribution in [-0.4, -0.2) is 15.9 Å². The van der Waals surface area contributed by atoms with E-state index in [1.54, 1.807) is 17.9 Å². The standard InChI is InChI=1S/C13H13BrFN3O/c1-18-13(16)10(6-17-18)9-4-7(15)5-11(14)12(9)19-8-2-3-8/h4-6,8H,2-3,16H2,1H3. The zero-order chi connectivity index (χ0) is 13.6. The van der Waals surface area contributed by atoms with E-state index in [-0.39, 0.29) is 11.9 Å². The summed E-state index contributed by atoms with van der Waals surface area (Å²) < 4.78 is 21.6. The number of aryl methyl sites for hydroxylation is 1. The summed E-state index contributed by atoms with van der Waals surface area (Å²) in [4.78, 5) is 0. The molecule has 2 N–H and O–H groups in total. The first kappa shape index (κ1) is 12.5. The number of benzene rings is 1. The molecule has 100 valence electrons. The van der Waals surface area contributed by atoms with Gasteiger partial charge in [-0.1, -0.05) is 0 Å². The average Bonchev–Trinajstić information content (AvgIpc) is 3.11. The lowest BCUT2D eigenvalue weighted by Gasteiger charge is -2.13. The number of aromatic nitrogens is 2. The number of hydrogen-bond donors (Lipinski definition) is 1. The van der Waals surface area contributed by atoms with Crippen LogP contribution in [0, 0.1) is 5.82 Å². The van der Waals surface area contributed by atoms with Crippen molar-refractivity contribution < 1.29 is 9.13 Å². The fourth-order valence-corrected chi connectivity index (χ4v) is 2.41. The lowest BCUT2D eigenvalue weighted by molar-refractivity contribution is 0.302. The summed E-state index contributed by atoms with van der Waals surface area (Å²) in [5, 5.41) is 4.09. The first-order valence-corrected chi connectivity index (χ1v) is 6.79. The summed E-state index contributed by atoms with van der Waals surface area (Å²) in [6, 6.07) is 2.82. The molecule has 1 aliphatic carbocycles. The molecule has 1 heterocycles. The third-order valence-corrected chi connectivity index (χ3v) is 3.68. The molecule has 6 heteroatoms. The van der Waals surface area contributed by atoms with E-state index in [0.717, 1.165) is 12.8 Å². The van der Waals surface area contributed by atoms with Crippen molar-refractivity contribution in [3.05, 3.63) is 28.6 Å². The van der Waals surface area contributed by atoms with Gasteiger partial charge in [-0.15, -0.1) is 0 Å². The zero-order valence-corrected chi connectivity index (χ0v) is 11.9. The molecule has 0 bridgehead atoms. The lowest BCUT2D eigenvalue weighted by atomic mass is 10.1. The third-order valence-electron chi connectivity index (χ3n) is 3.09. The highest BCUT2D eigenvalue weighted by Crippen LogP contribution is 2.42. The Kier molecular flexibility index (Phi) is 2.97. The van der Waals surface area contributed by atoms with Crippen LogP contribution in [0.15, 0.2) is 22.8 Å². The topological polar surface area (TPSA) is 53.1 Å². The number of hydrogen-bond acceptors (Lipinski definition) is 3. The monoisotopic (exact) mass is 325 g/mol. The van der Waals surface area contributed by atoms with Gasteiger partial charge in [0.1, 0.15) is 17.4 Å². The second-order valence-corrected chi connectivity index (χ2v) is 5.50. The van der Waals surface area contributed by atoms with Gasteiger partial charge >= 0.3 is 0 Å². The molecule has 1 saturated carbocycles. The molecule has 4 nitrogen and oxygen atoms in total. The van der Waals surface area contributed by atoms with Crippen LogP contribution in [0.2, 0.25) is 0 Å². The summed E-state index contributed by atoms with van der Waals surface area (Å²) in [6.07, 6.45) is 3.91. The van der Waals surface area contributed by atoms with Gasteiger partial charge in [-0.25, -0.2) is 4.39 Å². The molecular formula is C13H13BrFN3O. The van der Waals surface area contributed by atoms with E-state index in [2.05, 4.69) is 21.0 Å². The molecule has 0 atom stereocenters. The van der Waals surface area contributed by atoms with Crippen LogP contribution >= 0.6 is 15.9 Å². The number of nitrogen functional groups attached to an aromatic ring is 1. The van der Waals surface area contributed by atoms with Gasteiger partial charge in [0.25, 0.3) is 0 Å². The number of nitrogens with two attached hydrogens (primary N) is 1. The van der Waals surface area contributed by atoms with Gasteiger partial charge in [-0.3, -0.25) is 4.68 Å². The normalized spacial score (nSPS) is 14.7. The second kappa shape index (κ2) is 4.52. The number of rotatable bonds is 3. The van der Waals surface area contributed by atoms with Crippen LogP contribution in [0.3, 0.4) is 0 Å². The molecule has 3 rings (SSSR count). The van der Waals surface area contributed by atoms with E-state index in [4.69, 9.17) is 10.5 Å². The number of nitrogens with zero attached hydrogens (tertiary/aromatic N) is 2. The minimum absolute atomic E-state index is 0.221. The van der Waals surface area contributed by atoms with Crippen LogP contribution in [-0.2, 0) is 7.05 Å². The third kappa shape index (κ3) is 2.32. The molecule has 1 aliphatic rings. The number of anilines is 1. The van der Waals surface area contributed by atoms with E-state index in [0.29, 0.717) is 27.2 Å². The van der Waals surface area contributed by atoms with Gasteiger partial charge in [0, 0.05) is 18.2 Å². The van der Waals surface area contributed by atoms with Crippen molar-refractivity contribution in [1.82, 2.24) is 9.78 Å². The SMILES string of the molecule is Cn1ncc(-c2cc(F)cc(Br)c2OC2CC2)c1N. The first-order chi connectivity index (χ1) is 9.06. The smallest absolute Gasteiger partial charge is 0.142 e. The molecule has 0 saturated heterocycles. The fraction of sp³-hybridized carbons (Fsp3) is 0.308. The molecule has 1 aromatic carbocycles. The Labute approximate surface area is 118 Å². The van der Waals surface area contributed by atoms with Crippen molar-refractivity contribution >= 4 is 21.7 Å². The summed E-state index contributed by atoms with van der Waals surface area (Å²) in [6.45, 7) is 0. The van der Waals surface area contributed by atoms with Crippen LogP contribution in [0.1, 0.15) is 12.8 Å². The lowest BCUT2D eigenvalue weighted by Crippen LogP contribution is -2.01. The van der Waals surface area contributed by atoms with Crippen molar-refractivity contribution in [2.75, 3.05) is 5.73 Å². The van der Waals surface area contributed by atoms with Crippen LogP contribution in [0.5, 0.6) is 5.75 Å². The Morgan fingerprint density at radius 2 is 2.16 bits per heavy atom. The van der Waals surface area contributed by atoms with E-state index < -0.39 is 0 Å². The van der Waals surface area contributed by atoms with Gasteiger partial charge in [-0.05, 0) is 40.9 Å². The number of ether oxygens (including phenoxy) is 1. The summed E-state index contributed by atoms with van der Waals surface area (Å²) >= 11 is 3.35. The Balaban J connectivity index is 2.14. The molecule has 1 fully saturated rings. The summed E-state index contributed by atoms with van der Waals surface area (Å²) in [7, 11) is 1.74. The van der Waals surface area contributed by atoms with E-state index in [1.807, 2.05) is 0 Å². The van der Waals surface area contributed by atoms with Crippen molar-refractivity contribution in [2.24, 2.45) is 7.05 Å². The van der Waals surface area contributed by atoms with E-state index in [1.165, 1.54) is 12.1 Å². The molecule has 0 unspecified atom stereocenters. The summed E-state index contributed by atoms with van der Waals surface area (Å²) in [5.74, 6) is 0.773. The molecule has 0 aliphatic heterocycles. The second-order valence-electron chi connectivity index (χ2n) is 4.65. The first-order valence-electron chi connectivity index (χ1n) is 6.00. The highest BCUT2D eigenvalue weighted by molar-refractivity contribution is 9.10. The Hall–Kier alpha value is -1.56.